The lowest BCUT2D eigenvalue weighted by atomic mass is 10.0. The lowest BCUT2D eigenvalue weighted by Crippen LogP contribution is -2.56. The number of piperidine rings is 1. The quantitative estimate of drug-likeness (QED) is 0.283. The Balaban J connectivity index is 0.00000420. The van der Waals surface area contributed by atoms with Crippen LogP contribution in [0.25, 0.3) is 0 Å². The maximum atomic E-state index is 12.5. The summed E-state index contributed by atoms with van der Waals surface area (Å²) in [5.41, 5.74) is 0. The number of nitrogens with one attached hydrogen (secondary N) is 1. The number of hydrogen-bond acceptors (Lipinski definition) is 5. The molecule has 0 amide bonds. The number of rotatable bonds is 8. The molecule has 0 bridgehead atoms. The number of sulfonamides is 1. The van der Waals surface area contributed by atoms with E-state index in [-0.39, 0.29) is 42.4 Å². The average Bonchev–Trinajstić information content (AvgIpc) is 2.68. The molecule has 0 saturated carbocycles. The molecule has 0 radical (unpaired) electrons. The first-order chi connectivity index (χ1) is 13.4. The topological polar surface area (TPSA) is 77.5 Å². The van der Waals surface area contributed by atoms with Crippen molar-refractivity contribution < 1.29 is 13.2 Å². The van der Waals surface area contributed by atoms with Crippen molar-refractivity contribution in [1.29, 1.82) is 0 Å². The SMILES string of the molecule is CCN1CCCCC1CNC(=NC)N1CCN(S(=O)(=O)CCOC(C)C)CC1.I. The van der Waals surface area contributed by atoms with Gasteiger partial charge in [-0.15, -0.1) is 24.0 Å². The van der Waals surface area contributed by atoms with Crippen LogP contribution in [0.15, 0.2) is 4.99 Å². The number of likely N-dealkylation sites (N-methyl/N-ethyl adjacent to an activating group) is 1. The second-order valence-electron chi connectivity index (χ2n) is 7.83. The van der Waals surface area contributed by atoms with Crippen LogP contribution in [0, 0.1) is 0 Å². The van der Waals surface area contributed by atoms with Crippen molar-refractivity contribution in [3.8, 4) is 0 Å². The van der Waals surface area contributed by atoms with Crippen LogP contribution in [0.5, 0.6) is 0 Å². The number of likely N-dealkylation sites (tertiary alicyclic amines) is 1. The van der Waals surface area contributed by atoms with Crippen molar-refractivity contribution in [2.24, 2.45) is 4.99 Å². The van der Waals surface area contributed by atoms with Gasteiger partial charge in [-0.2, -0.15) is 4.31 Å². The molecule has 0 spiro atoms. The summed E-state index contributed by atoms with van der Waals surface area (Å²) in [5.74, 6) is 0.925. The summed E-state index contributed by atoms with van der Waals surface area (Å²) in [5, 5.41) is 3.52. The van der Waals surface area contributed by atoms with Gasteiger partial charge < -0.3 is 15.0 Å². The van der Waals surface area contributed by atoms with Gasteiger partial charge in [-0.1, -0.05) is 13.3 Å². The van der Waals surface area contributed by atoms with Crippen LogP contribution in [0.4, 0.5) is 0 Å². The van der Waals surface area contributed by atoms with E-state index >= 15 is 0 Å². The number of nitrogens with zero attached hydrogens (tertiary/aromatic N) is 4. The number of hydrogen-bond donors (Lipinski definition) is 1. The molecule has 10 heteroatoms. The summed E-state index contributed by atoms with van der Waals surface area (Å²) in [7, 11) is -1.46. The Kier molecular flexibility index (Phi) is 12.3. The number of guanidine groups is 1. The van der Waals surface area contributed by atoms with Crippen LogP contribution in [-0.2, 0) is 14.8 Å². The molecular formula is C19H40IN5O3S. The first kappa shape index (κ1) is 26.9. The first-order valence-electron chi connectivity index (χ1n) is 10.7. The first-order valence-corrected chi connectivity index (χ1v) is 12.3. The molecule has 2 rings (SSSR count). The predicted molar refractivity (Wildman–Crippen MR) is 130 cm³/mol. The Morgan fingerprint density at radius 2 is 1.86 bits per heavy atom. The lowest BCUT2D eigenvalue weighted by Gasteiger charge is -2.38. The molecular weight excluding hydrogens is 505 g/mol. The molecule has 1 N–H and O–H groups in total. The van der Waals surface area contributed by atoms with Crippen LogP contribution < -0.4 is 5.32 Å². The standard InChI is InChI=1S/C19H39N5O3S.HI/c1-5-22-9-7-6-8-18(22)16-21-19(20-4)23-10-12-24(13-11-23)28(25,26)15-14-27-17(2)3;/h17-18H,5-16H2,1-4H3,(H,20,21);1H. The molecule has 8 nitrogen and oxygen atoms in total. The second-order valence-corrected chi connectivity index (χ2v) is 9.92. The molecule has 2 saturated heterocycles. The molecule has 1 unspecified atom stereocenters. The monoisotopic (exact) mass is 545 g/mol. The zero-order valence-corrected chi connectivity index (χ0v) is 21.6. The number of aliphatic imine (C=N–C) groups is 1. The van der Waals surface area contributed by atoms with Gasteiger partial charge in [-0.05, 0) is 39.8 Å². The molecule has 0 aromatic carbocycles. The van der Waals surface area contributed by atoms with Crippen molar-refractivity contribution in [2.45, 2.75) is 52.2 Å². The highest BCUT2D eigenvalue weighted by molar-refractivity contribution is 14.0. The minimum absolute atomic E-state index is 0. The third-order valence-electron chi connectivity index (χ3n) is 5.59. The Labute approximate surface area is 194 Å². The zero-order chi connectivity index (χ0) is 20.6. The van der Waals surface area contributed by atoms with Crippen LogP contribution >= 0.6 is 24.0 Å². The van der Waals surface area contributed by atoms with Crippen molar-refractivity contribution in [3.63, 3.8) is 0 Å². The lowest BCUT2D eigenvalue weighted by molar-refractivity contribution is 0.0904. The van der Waals surface area contributed by atoms with E-state index in [9.17, 15) is 8.42 Å². The minimum atomic E-state index is -3.26. The number of ether oxygens (including phenoxy) is 1. The highest BCUT2D eigenvalue weighted by Crippen LogP contribution is 2.16. The number of piperazine rings is 1. The molecule has 2 aliphatic heterocycles. The van der Waals surface area contributed by atoms with Gasteiger partial charge in [-0.3, -0.25) is 9.89 Å². The Morgan fingerprint density at radius 1 is 1.17 bits per heavy atom. The van der Waals surface area contributed by atoms with E-state index in [1.54, 1.807) is 11.4 Å². The normalized spacial score (nSPS) is 22.6. The summed E-state index contributed by atoms with van der Waals surface area (Å²) in [4.78, 5) is 9.13. The van der Waals surface area contributed by atoms with E-state index < -0.39 is 10.0 Å². The summed E-state index contributed by atoms with van der Waals surface area (Å²) in [6, 6.07) is 0.554. The Hall–Kier alpha value is -0.170. The summed E-state index contributed by atoms with van der Waals surface area (Å²) >= 11 is 0. The Morgan fingerprint density at radius 3 is 2.45 bits per heavy atom. The van der Waals surface area contributed by atoms with Gasteiger partial charge in [-0.25, -0.2) is 8.42 Å². The van der Waals surface area contributed by atoms with Crippen molar-refractivity contribution in [3.05, 3.63) is 0 Å². The van der Waals surface area contributed by atoms with Crippen LogP contribution in [0.3, 0.4) is 0 Å². The van der Waals surface area contributed by atoms with Crippen LogP contribution in [0.1, 0.15) is 40.0 Å². The van der Waals surface area contributed by atoms with Crippen LogP contribution in [0.2, 0.25) is 0 Å². The second kappa shape index (κ2) is 13.3. The fourth-order valence-electron chi connectivity index (χ4n) is 3.95. The van der Waals surface area contributed by atoms with Crippen molar-refractivity contribution in [1.82, 2.24) is 19.4 Å². The van der Waals surface area contributed by atoms with E-state index in [1.165, 1.54) is 25.8 Å². The van der Waals surface area contributed by atoms with Gasteiger partial charge >= 0.3 is 0 Å². The third-order valence-corrected chi connectivity index (χ3v) is 7.42. The highest BCUT2D eigenvalue weighted by atomic mass is 127. The molecule has 1 atom stereocenters. The third kappa shape index (κ3) is 8.47. The zero-order valence-electron chi connectivity index (χ0n) is 18.5. The van der Waals surface area contributed by atoms with Crippen molar-refractivity contribution >= 4 is 40.0 Å². The van der Waals surface area contributed by atoms with Crippen LogP contribution in [-0.4, -0.2) is 106 Å². The molecule has 2 fully saturated rings. The van der Waals surface area contributed by atoms with Gasteiger partial charge in [0.1, 0.15) is 0 Å². The average molecular weight is 546 g/mol. The predicted octanol–water partition coefficient (Wildman–Crippen LogP) is 1.43. The highest BCUT2D eigenvalue weighted by Gasteiger charge is 2.28. The molecule has 2 aliphatic rings. The van der Waals surface area contributed by atoms with E-state index in [2.05, 4.69) is 27.0 Å². The van der Waals surface area contributed by atoms with E-state index in [1.807, 2.05) is 13.8 Å². The van der Waals surface area contributed by atoms with Gasteiger partial charge in [0.25, 0.3) is 0 Å². The maximum absolute atomic E-state index is 12.5. The molecule has 0 aliphatic carbocycles. The van der Waals surface area contributed by atoms with Gasteiger partial charge in [0.05, 0.1) is 18.5 Å². The van der Waals surface area contributed by atoms with Gasteiger partial charge in [0.15, 0.2) is 5.96 Å². The van der Waals surface area contributed by atoms with Crippen molar-refractivity contribution in [2.75, 3.05) is 65.2 Å². The molecule has 2 heterocycles. The van der Waals surface area contributed by atoms with Gasteiger partial charge in [0.2, 0.25) is 10.0 Å². The largest absolute Gasteiger partial charge is 0.378 e. The fourth-order valence-corrected chi connectivity index (χ4v) is 5.23. The summed E-state index contributed by atoms with van der Waals surface area (Å²) in [6.45, 7) is 11.8. The Bertz CT molecular complexity index is 595. The van der Waals surface area contributed by atoms with E-state index in [0.29, 0.717) is 32.2 Å². The fraction of sp³-hybridized carbons (Fsp3) is 0.947. The minimum Gasteiger partial charge on any atom is -0.378 e. The van der Waals surface area contributed by atoms with Gasteiger partial charge in [0, 0.05) is 45.8 Å². The molecule has 0 aromatic rings. The smallest absolute Gasteiger partial charge is 0.216 e. The van der Waals surface area contributed by atoms with E-state index in [4.69, 9.17) is 4.74 Å². The number of halogens is 1. The summed E-state index contributed by atoms with van der Waals surface area (Å²) in [6.07, 6.45) is 3.85. The molecule has 29 heavy (non-hydrogen) atoms. The summed E-state index contributed by atoms with van der Waals surface area (Å²) < 4.78 is 32.0. The maximum Gasteiger partial charge on any atom is 0.216 e. The van der Waals surface area contributed by atoms with E-state index in [0.717, 1.165) is 19.0 Å². The molecule has 172 valence electrons. The molecule has 0 aromatic heterocycles.